The van der Waals surface area contributed by atoms with Crippen molar-refractivity contribution >= 4 is 37.6 Å². The Hall–Kier alpha value is -2.61. The first-order chi connectivity index (χ1) is 21.1. The normalized spacial score (nSPS) is 19.9. The van der Waals surface area contributed by atoms with Crippen molar-refractivity contribution in [2.45, 2.75) is 86.3 Å². The number of nitrogens with zero attached hydrogens (tertiary/aromatic N) is 4. The quantitative estimate of drug-likeness (QED) is 0.276. The predicted octanol–water partition coefficient (Wildman–Crippen LogP) is 5.01. The maximum Gasteiger partial charge on any atom is 0.243 e. The SMILES string of the molecule is CNc1nccc(CN(CC2CCCC(N)C2)S(=O)(=O)c2ccc(S(=O)(=O)N(Cc3ccc(Cl)cc3)C3CCCC3)cc2)n1. The molecule has 0 radical (unpaired) electrons. The Morgan fingerprint density at radius 2 is 1.52 bits per heavy atom. The van der Waals surface area contributed by atoms with Crippen LogP contribution in [0.2, 0.25) is 5.02 Å². The van der Waals surface area contributed by atoms with Gasteiger partial charge in [-0.05, 0) is 86.1 Å². The molecule has 5 rings (SSSR count). The van der Waals surface area contributed by atoms with E-state index >= 15 is 0 Å². The van der Waals surface area contributed by atoms with E-state index in [9.17, 15) is 16.8 Å². The fourth-order valence-corrected chi connectivity index (χ4v) is 9.55. The second-order valence-corrected chi connectivity index (χ2v) is 16.1. The van der Waals surface area contributed by atoms with Gasteiger partial charge in [-0.1, -0.05) is 43.0 Å². The first-order valence-corrected chi connectivity index (χ1v) is 18.4. The van der Waals surface area contributed by atoms with Gasteiger partial charge in [0.1, 0.15) is 0 Å². The maximum absolute atomic E-state index is 14.1. The van der Waals surface area contributed by atoms with Gasteiger partial charge in [0.2, 0.25) is 26.0 Å². The minimum atomic E-state index is -4.00. The largest absolute Gasteiger partial charge is 0.357 e. The molecule has 0 bridgehead atoms. The summed E-state index contributed by atoms with van der Waals surface area (Å²) in [6.07, 6.45) is 8.65. The number of halogens is 1. The van der Waals surface area contributed by atoms with Gasteiger partial charge in [0.15, 0.2) is 0 Å². The standard InChI is InChI=1S/C31H41ClN6O4S2/c1-34-31-35-18-17-27(36-31)22-37(20-24-5-4-6-26(33)19-24)43(39,40)29-13-15-30(16-14-29)44(41,42)38(28-7-2-3-8-28)21-23-9-11-25(32)12-10-23/h9-18,24,26,28H,2-8,19-22,33H2,1H3,(H,34,35,36). The van der Waals surface area contributed by atoms with E-state index in [0.717, 1.165) is 56.9 Å². The zero-order valence-corrected chi connectivity index (χ0v) is 27.4. The third kappa shape index (κ3) is 7.78. The first-order valence-electron chi connectivity index (χ1n) is 15.2. The highest BCUT2D eigenvalue weighted by Gasteiger charge is 2.35. The molecule has 0 spiro atoms. The molecule has 44 heavy (non-hydrogen) atoms. The van der Waals surface area contributed by atoms with Crippen molar-refractivity contribution in [3.63, 3.8) is 0 Å². The summed E-state index contributed by atoms with van der Waals surface area (Å²) in [7, 11) is -6.20. The minimum Gasteiger partial charge on any atom is -0.357 e. The number of nitrogens with two attached hydrogens (primary N) is 1. The number of benzene rings is 2. The van der Waals surface area contributed by atoms with Crippen LogP contribution in [0.25, 0.3) is 0 Å². The van der Waals surface area contributed by atoms with E-state index in [1.54, 1.807) is 35.7 Å². The van der Waals surface area contributed by atoms with Crippen molar-refractivity contribution in [3.8, 4) is 0 Å². The molecule has 1 aromatic heterocycles. The van der Waals surface area contributed by atoms with Crippen molar-refractivity contribution in [3.05, 3.63) is 77.1 Å². The lowest BCUT2D eigenvalue weighted by Gasteiger charge is -2.31. The van der Waals surface area contributed by atoms with Gasteiger partial charge in [-0.15, -0.1) is 0 Å². The molecule has 10 nitrogen and oxygen atoms in total. The highest BCUT2D eigenvalue weighted by atomic mass is 35.5. The fraction of sp³-hybridized carbons (Fsp3) is 0.484. The van der Waals surface area contributed by atoms with Crippen molar-refractivity contribution in [2.75, 3.05) is 18.9 Å². The van der Waals surface area contributed by atoms with Crippen LogP contribution < -0.4 is 11.1 Å². The molecule has 0 saturated heterocycles. The molecule has 2 saturated carbocycles. The van der Waals surface area contributed by atoms with Gasteiger partial charge in [-0.25, -0.2) is 26.8 Å². The van der Waals surface area contributed by atoms with Crippen molar-refractivity contribution in [2.24, 2.45) is 11.7 Å². The third-order valence-corrected chi connectivity index (χ3v) is 12.6. The summed E-state index contributed by atoms with van der Waals surface area (Å²) in [5.41, 5.74) is 7.63. The van der Waals surface area contributed by atoms with Gasteiger partial charge in [-0.3, -0.25) is 0 Å². The molecule has 0 amide bonds. The van der Waals surface area contributed by atoms with Crippen LogP contribution in [0.15, 0.2) is 70.6 Å². The van der Waals surface area contributed by atoms with Gasteiger partial charge in [-0.2, -0.15) is 8.61 Å². The Labute approximate surface area is 266 Å². The van der Waals surface area contributed by atoms with Crippen LogP contribution in [0.3, 0.4) is 0 Å². The Balaban J connectivity index is 1.42. The Kier molecular flexibility index (Phi) is 10.6. The topological polar surface area (TPSA) is 139 Å². The molecule has 2 atom stereocenters. The van der Waals surface area contributed by atoms with Crippen molar-refractivity contribution < 1.29 is 16.8 Å². The lowest BCUT2D eigenvalue weighted by Crippen LogP contribution is -2.39. The number of sulfonamides is 2. The summed E-state index contributed by atoms with van der Waals surface area (Å²) >= 11 is 6.06. The maximum atomic E-state index is 14.1. The summed E-state index contributed by atoms with van der Waals surface area (Å²) in [4.78, 5) is 8.69. The number of anilines is 1. The summed E-state index contributed by atoms with van der Waals surface area (Å²) in [6.45, 7) is 0.572. The second kappa shape index (κ2) is 14.2. The van der Waals surface area contributed by atoms with Crippen LogP contribution in [0.1, 0.15) is 62.6 Å². The summed E-state index contributed by atoms with van der Waals surface area (Å²) < 4.78 is 59.1. The van der Waals surface area contributed by atoms with Gasteiger partial charge >= 0.3 is 0 Å². The van der Waals surface area contributed by atoms with E-state index < -0.39 is 20.0 Å². The van der Waals surface area contributed by atoms with E-state index in [1.165, 1.54) is 28.6 Å². The van der Waals surface area contributed by atoms with E-state index in [2.05, 4.69) is 15.3 Å². The summed E-state index contributed by atoms with van der Waals surface area (Å²) in [6, 6.07) is 14.4. The molecule has 3 N–H and O–H groups in total. The van der Waals surface area contributed by atoms with E-state index in [-0.39, 0.29) is 40.9 Å². The van der Waals surface area contributed by atoms with Gasteiger partial charge < -0.3 is 11.1 Å². The predicted molar refractivity (Wildman–Crippen MR) is 172 cm³/mol. The molecule has 0 aliphatic heterocycles. The van der Waals surface area contributed by atoms with Crippen molar-refractivity contribution in [1.29, 1.82) is 0 Å². The molecule has 1 heterocycles. The summed E-state index contributed by atoms with van der Waals surface area (Å²) in [5.74, 6) is 0.520. The average Bonchev–Trinajstić information content (AvgIpc) is 3.55. The zero-order valence-electron chi connectivity index (χ0n) is 25.0. The lowest BCUT2D eigenvalue weighted by atomic mass is 9.86. The summed E-state index contributed by atoms with van der Waals surface area (Å²) in [5, 5.41) is 3.48. The molecule has 3 aromatic rings. The molecule has 2 aliphatic carbocycles. The second-order valence-electron chi connectivity index (χ2n) is 11.8. The fourth-order valence-electron chi connectivity index (χ4n) is 6.26. The number of rotatable bonds is 12. The minimum absolute atomic E-state index is 0.0320. The zero-order chi connectivity index (χ0) is 31.3. The number of hydrogen-bond acceptors (Lipinski definition) is 8. The van der Waals surface area contributed by atoms with Crippen LogP contribution >= 0.6 is 11.6 Å². The third-order valence-electron chi connectivity index (χ3n) is 8.61. The number of hydrogen-bond donors (Lipinski definition) is 2. The van der Waals surface area contributed by atoms with Crippen LogP contribution in [-0.2, 0) is 33.1 Å². The van der Waals surface area contributed by atoms with E-state index in [4.69, 9.17) is 17.3 Å². The number of aromatic nitrogens is 2. The Morgan fingerprint density at radius 3 is 2.16 bits per heavy atom. The van der Waals surface area contributed by atoms with Crippen LogP contribution in [0, 0.1) is 5.92 Å². The molecule has 2 aromatic carbocycles. The number of nitrogens with one attached hydrogen (secondary N) is 1. The molecule has 2 fully saturated rings. The molecular weight excluding hydrogens is 620 g/mol. The van der Waals surface area contributed by atoms with Gasteiger partial charge in [0, 0.05) is 43.4 Å². The highest BCUT2D eigenvalue weighted by molar-refractivity contribution is 7.89. The lowest BCUT2D eigenvalue weighted by molar-refractivity contribution is 0.256. The molecule has 13 heteroatoms. The van der Waals surface area contributed by atoms with Crippen LogP contribution in [0.4, 0.5) is 5.95 Å². The van der Waals surface area contributed by atoms with Crippen molar-refractivity contribution in [1.82, 2.24) is 18.6 Å². The first kappa shape index (κ1) is 32.8. The monoisotopic (exact) mass is 660 g/mol. The van der Waals surface area contributed by atoms with Crippen LogP contribution in [0.5, 0.6) is 0 Å². The van der Waals surface area contributed by atoms with Gasteiger partial charge in [0.05, 0.1) is 22.0 Å². The molecule has 2 unspecified atom stereocenters. The molecule has 2 aliphatic rings. The highest BCUT2D eigenvalue weighted by Crippen LogP contribution is 2.32. The van der Waals surface area contributed by atoms with Crippen LogP contribution in [-0.4, -0.2) is 61.1 Å². The molecular formula is C31H41ClN6O4S2. The Morgan fingerprint density at radius 1 is 0.864 bits per heavy atom. The van der Waals surface area contributed by atoms with E-state index in [0.29, 0.717) is 23.2 Å². The van der Waals surface area contributed by atoms with E-state index in [1.807, 2.05) is 12.1 Å². The Bertz CT molecular complexity index is 1620. The average molecular weight is 661 g/mol. The smallest absolute Gasteiger partial charge is 0.243 e. The molecule has 238 valence electrons. The van der Waals surface area contributed by atoms with Gasteiger partial charge in [0.25, 0.3) is 0 Å².